The maximum absolute atomic E-state index is 13.5. The average molecular weight is 515 g/mol. The summed E-state index contributed by atoms with van der Waals surface area (Å²) >= 11 is 0. The molecule has 1 fully saturated rings. The van der Waals surface area contributed by atoms with Gasteiger partial charge in [-0.3, -0.25) is 19.3 Å². The van der Waals surface area contributed by atoms with E-state index in [4.69, 9.17) is 4.52 Å². The van der Waals surface area contributed by atoms with E-state index in [-0.39, 0.29) is 23.7 Å². The molecule has 196 valence electrons. The van der Waals surface area contributed by atoms with E-state index >= 15 is 0 Å². The third kappa shape index (κ3) is 4.60. The number of aryl methyl sites for hydroxylation is 1. The molecule has 0 saturated carbocycles. The second-order valence-corrected chi connectivity index (χ2v) is 10.0. The van der Waals surface area contributed by atoms with Crippen LogP contribution in [0.15, 0.2) is 64.4 Å². The number of hydrogen-bond donors (Lipinski definition) is 1. The topological polar surface area (TPSA) is 117 Å². The van der Waals surface area contributed by atoms with E-state index in [1.807, 2.05) is 29.2 Å². The minimum atomic E-state index is -0.877. The predicted octanol–water partition coefficient (Wildman–Crippen LogP) is 4.34. The number of carbonyl (C=O) groups is 3. The summed E-state index contributed by atoms with van der Waals surface area (Å²) in [6.07, 6.45) is 2.12. The van der Waals surface area contributed by atoms with Gasteiger partial charge in [0.15, 0.2) is 11.5 Å². The van der Waals surface area contributed by atoms with Gasteiger partial charge in [0.2, 0.25) is 17.6 Å². The smallest absolute Gasteiger partial charge is 0.294 e. The number of aliphatic hydroxyl groups excluding tert-OH is 1. The van der Waals surface area contributed by atoms with Crippen molar-refractivity contribution < 1.29 is 24.0 Å². The number of nitrogens with zero attached hydrogens (tertiary/aromatic N) is 4. The molecule has 1 aromatic heterocycles. The van der Waals surface area contributed by atoms with Crippen LogP contribution >= 0.6 is 0 Å². The molecule has 9 heteroatoms. The fourth-order valence-corrected chi connectivity index (χ4v) is 5.12. The number of likely N-dealkylation sites (tertiary alicyclic amines) is 1. The van der Waals surface area contributed by atoms with Gasteiger partial charge in [-0.2, -0.15) is 4.98 Å². The Balaban J connectivity index is 1.57. The van der Waals surface area contributed by atoms with Gasteiger partial charge in [0.25, 0.3) is 5.91 Å². The summed E-state index contributed by atoms with van der Waals surface area (Å²) in [7, 11) is 0. The fourth-order valence-electron chi connectivity index (χ4n) is 5.12. The van der Waals surface area contributed by atoms with Crippen LogP contribution in [-0.2, 0) is 20.8 Å². The van der Waals surface area contributed by atoms with Gasteiger partial charge >= 0.3 is 0 Å². The molecule has 9 nitrogen and oxygen atoms in total. The average Bonchev–Trinajstić information content (AvgIpc) is 3.65. The van der Waals surface area contributed by atoms with Crippen molar-refractivity contribution in [2.45, 2.75) is 46.1 Å². The lowest BCUT2D eigenvalue weighted by molar-refractivity contribution is -0.129. The van der Waals surface area contributed by atoms with E-state index in [9.17, 15) is 19.5 Å². The highest BCUT2D eigenvalue weighted by Gasteiger charge is 2.45. The predicted molar refractivity (Wildman–Crippen MR) is 140 cm³/mol. The summed E-state index contributed by atoms with van der Waals surface area (Å²) < 4.78 is 5.07. The van der Waals surface area contributed by atoms with Gasteiger partial charge in [-0.25, -0.2) is 0 Å². The standard InChI is InChI=1S/C29H30N4O5/c1-17(2)26(35)24-25(22-9-5-4-8-20(22)16-23(34)32-14-6-7-15-32)33(29(37)27(24)36)21-12-10-19(11-13-21)28-30-18(3)38-31-28/h4-5,8-13,17,25,36H,6-7,14-16H2,1-3H3. The molecule has 1 atom stereocenters. The molecule has 3 heterocycles. The van der Waals surface area contributed by atoms with E-state index in [1.54, 1.807) is 45.0 Å². The zero-order valence-corrected chi connectivity index (χ0v) is 21.7. The molecule has 0 spiro atoms. The number of ketones is 1. The van der Waals surface area contributed by atoms with Crippen molar-refractivity contribution in [2.24, 2.45) is 5.92 Å². The molecule has 1 saturated heterocycles. The molecule has 2 aliphatic heterocycles. The van der Waals surface area contributed by atoms with Crippen molar-refractivity contribution in [3.8, 4) is 11.4 Å². The minimum Gasteiger partial charge on any atom is -0.503 e. The van der Waals surface area contributed by atoms with Crippen LogP contribution < -0.4 is 4.90 Å². The Hall–Kier alpha value is -4.27. The Bertz CT molecular complexity index is 1420. The minimum absolute atomic E-state index is 0.00974. The number of amides is 2. The number of aliphatic hydroxyl groups is 1. The Morgan fingerprint density at radius 1 is 1.08 bits per heavy atom. The van der Waals surface area contributed by atoms with Gasteiger partial charge in [0.05, 0.1) is 18.0 Å². The van der Waals surface area contributed by atoms with Crippen LogP contribution in [0.3, 0.4) is 0 Å². The number of hydrogen-bond acceptors (Lipinski definition) is 7. The van der Waals surface area contributed by atoms with Gasteiger partial charge < -0.3 is 14.5 Å². The first-order valence-electron chi connectivity index (χ1n) is 12.8. The van der Waals surface area contributed by atoms with Crippen LogP contribution in [0.4, 0.5) is 5.69 Å². The molecule has 0 aliphatic carbocycles. The highest BCUT2D eigenvalue weighted by Crippen LogP contribution is 2.43. The summed E-state index contributed by atoms with van der Waals surface area (Å²) in [4.78, 5) is 47.4. The van der Waals surface area contributed by atoms with Crippen LogP contribution in [0.2, 0.25) is 0 Å². The maximum atomic E-state index is 13.5. The fraction of sp³-hybridized carbons (Fsp3) is 0.345. The molecule has 1 unspecified atom stereocenters. The van der Waals surface area contributed by atoms with E-state index < -0.39 is 23.6 Å². The third-order valence-corrected chi connectivity index (χ3v) is 7.08. The van der Waals surface area contributed by atoms with Gasteiger partial charge in [0.1, 0.15) is 0 Å². The first-order valence-corrected chi connectivity index (χ1v) is 12.8. The van der Waals surface area contributed by atoms with Crippen molar-refractivity contribution in [1.29, 1.82) is 0 Å². The van der Waals surface area contributed by atoms with Gasteiger partial charge in [0, 0.05) is 37.2 Å². The number of rotatable bonds is 7. The van der Waals surface area contributed by atoms with Gasteiger partial charge in [-0.15, -0.1) is 0 Å². The number of aromatic nitrogens is 2. The number of benzene rings is 2. The molecule has 2 amide bonds. The first-order chi connectivity index (χ1) is 18.3. The third-order valence-electron chi connectivity index (χ3n) is 7.08. The molecule has 3 aromatic rings. The lowest BCUT2D eigenvalue weighted by Crippen LogP contribution is -2.33. The lowest BCUT2D eigenvalue weighted by Gasteiger charge is -2.29. The van der Waals surface area contributed by atoms with E-state index in [0.717, 1.165) is 31.5 Å². The maximum Gasteiger partial charge on any atom is 0.294 e. The first kappa shape index (κ1) is 25.4. The highest BCUT2D eigenvalue weighted by molar-refractivity contribution is 6.17. The summed E-state index contributed by atoms with van der Waals surface area (Å²) in [5, 5.41) is 14.9. The Morgan fingerprint density at radius 3 is 2.39 bits per heavy atom. The number of carbonyl (C=O) groups excluding carboxylic acids is 3. The van der Waals surface area contributed by atoms with Crippen LogP contribution in [0.5, 0.6) is 0 Å². The van der Waals surface area contributed by atoms with Crippen LogP contribution in [-0.4, -0.2) is 50.8 Å². The number of anilines is 1. The molecule has 1 N–H and O–H groups in total. The Labute approximate surface area is 220 Å². The van der Waals surface area contributed by atoms with E-state index in [0.29, 0.717) is 28.5 Å². The Kier molecular flexibility index (Phi) is 6.84. The SMILES string of the molecule is Cc1nc(-c2ccc(N3C(=O)C(O)=C(C(=O)C(C)C)C3c3ccccc3CC(=O)N3CCCC3)cc2)no1. The monoisotopic (exact) mass is 514 g/mol. The second-order valence-electron chi connectivity index (χ2n) is 10.0. The van der Waals surface area contributed by atoms with Crippen molar-refractivity contribution in [1.82, 2.24) is 15.0 Å². The second kappa shape index (κ2) is 10.2. The highest BCUT2D eigenvalue weighted by atomic mass is 16.5. The molecule has 5 rings (SSSR count). The molecule has 0 bridgehead atoms. The van der Waals surface area contributed by atoms with Crippen LogP contribution in [0, 0.1) is 12.8 Å². The molecular weight excluding hydrogens is 484 g/mol. The van der Waals surface area contributed by atoms with Crippen molar-refractivity contribution >= 4 is 23.3 Å². The molecule has 2 aromatic carbocycles. The summed E-state index contributed by atoms with van der Waals surface area (Å²) in [6, 6.07) is 13.4. The van der Waals surface area contributed by atoms with Gasteiger partial charge in [-0.1, -0.05) is 43.3 Å². The van der Waals surface area contributed by atoms with Crippen molar-refractivity contribution in [2.75, 3.05) is 18.0 Å². The van der Waals surface area contributed by atoms with Crippen LogP contribution in [0.1, 0.15) is 49.7 Å². The Morgan fingerprint density at radius 2 is 1.76 bits per heavy atom. The molecule has 2 aliphatic rings. The quantitative estimate of drug-likeness (QED) is 0.499. The lowest BCUT2D eigenvalue weighted by atomic mass is 9.88. The zero-order chi connectivity index (χ0) is 27.0. The van der Waals surface area contributed by atoms with E-state index in [2.05, 4.69) is 10.1 Å². The molecular formula is C29H30N4O5. The normalized spacial score (nSPS) is 17.7. The summed E-state index contributed by atoms with van der Waals surface area (Å²) in [5.74, 6) is -1.12. The van der Waals surface area contributed by atoms with E-state index in [1.165, 1.54) is 4.90 Å². The van der Waals surface area contributed by atoms with Crippen molar-refractivity contribution in [3.05, 3.63) is 76.9 Å². The summed E-state index contributed by atoms with van der Waals surface area (Å²) in [5.41, 5.74) is 2.59. The number of Topliss-reactive ketones (excluding diaryl/α,β-unsaturated/α-hetero) is 1. The molecule has 0 radical (unpaired) electrons. The zero-order valence-electron chi connectivity index (χ0n) is 21.7. The molecule has 38 heavy (non-hydrogen) atoms. The summed E-state index contributed by atoms with van der Waals surface area (Å²) in [6.45, 7) is 6.64. The van der Waals surface area contributed by atoms with Crippen molar-refractivity contribution in [3.63, 3.8) is 0 Å². The van der Waals surface area contributed by atoms with Gasteiger partial charge in [-0.05, 0) is 48.2 Å². The van der Waals surface area contributed by atoms with Crippen LogP contribution in [0.25, 0.3) is 11.4 Å². The largest absolute Gasteiger partial charge is 0.503 e.